The summed E-state index contributed by atoms with van der Waals surface area (Å²) in [6.07, 6.45) is -2.82. The monoisotopic (exact) mass is 284 g/mol. The fraction of sp³-hybridized carbons (Fsp3) is 0.143. The maximum absolute atomic E-state index is 12.4. The molecule has 3 nitrogen and oxygen atoms in total. The standard InChI is InChI=1S/C7H4BrClF2N2O/c8-5-4(6(9)14)2(7(10)11)1-3(12)13-5/h1,7H,(H2,12,13). The Morgan fingerprint density at radius 2 is 2.21 bits per heavy atom. The van der Waals surface area contributed by atoms with Crippen LogP contribution in [-0.2, 0) is 0 Å². The van der Waals surface area contributed by atoms with Crippen LogP contribution in [0.3, 0.4) is 0 Å². The van der Waals surface area contributed by atoms with Gasteiger partial charge in [-0.3, -0.25) is 4.79 Å². The molecular weight excluding hydrogens is 281 g/mol. The lowest BCUT2D eigenvalue weighted by Gasteiger charge is -2.07. The summed E-state index contributed by atoms with van der Waals surface area (Å²) in [6, 6.07) is 0.922. The van der Waals surface area contributed by atoms with Crippen molar-refractivity contribution < 1.29 is 13.6 Å². The van der Waals surface area contributed by atoms with Crippen molar-refractivity contribution in [2.24, 2.45) is 0 Å². The summed E-state index contributed by atoms with van der Waals surface area (Å²) < 4.78 is 24.8. The number of nitrogens with zero attached hydrogens (tertiary/aromatic N) is 1. The third-order valence-corrected chi connectivity index (χ3v) is 2.22. The Labute approximate surface area is 91.4 Å². The predicted octanol–water partition coefficient (Wildman–Crippen LogP) is 2.74. The third-order valence-electron chi connectivity index (χ3n) is 1.46. The molecule has 0 aliphatic carbocycles. The topological polar surface area (TPSA) is 56.0 Å². The van der Waals surface area contributed by atoms with E-state index < -0.39 is 17.2 Å². The Hall–Kier alpha value is -0.750. The first-order chi connectivity index (χ1) is 6.43. The number of alkyl halides is 2. The van der Waals surface area contributed by atoms with E-state index in [1.54, 1.807) is 0 Å². The molecule has 0 unspecified atom stereocenters. The highest BCUT2D eigenvalue weighted by Crippen LogP contribution is 2.30. The van der Waals surface area contributed by atoms with E-state index in [0.717, 1.165) is 6.07 Å². The number of halogens is 4. The lowest BCUT2D eigenvalue weighted by Crippen LogP contribution is -2.04. The number of nitrogen functional groups attached to an aromatic ring is 1. The van der Waals surface area contributed by atoms with Crippen molar-refractivity contribution in [3.05, 3.63) is 21.8 Å². The summed E-state index contributed by atoms with van der Waals surface area (Å²) in [4.78, 5) is 14.4. The van der Waals surface area contributed by atoms with Crippen LogP contribution < -0.4 is 5.73 Å². The van der Waals surface area contributed by atoms with E-state index in [2.05, 4.69) is 20.9 Å². The van der Waals surface area contributed by atoms with Gasteiger partial charge in [0.25, 0.3) is 11.7 Å². The lowest BCUT2D eigenvalue weighted by atomic mass is 10.1. The van der Waals surface area contributed by atoms with Crippen molar-refractivity contribution in [3.63, 3.8) is 0 Å². The molecule has 0 aliphatic heterocycles. The summed E-state index contributed by atoms with van der Waals surface area (Å²) in [5.41, 5.74) is 4.36. The molecule has 0 bridgehead atoms. The molecule has 0 amide bonds. The van der Waals surface area contributed by atoms with Crippen LogP contribution in [0.25, 0.3) is 0 Å². The first-order valence-corrected chi connectivity index (χ1v) is 4.54. The normalized spacial score (nSPS) is 10.6. The van der Waals surface area contributed by atoms with Crippen LogP contribution in [0.5, 0.6) is 0 Å². The van der Waals surface area contributed by atoms with Crippen LogP contribution in [-0.4, -0.2) is 10.2 Å². The average Bonchev–Trinajstić information content (AvgIpc) is 2.01. The van der Waals surface area contributed by atoms with E-state index in [4.69, 9.17) is 17.3 Å². The Kier molecular flexibility index (Phi) is 3.38. The quantitative estimate of drug-likeness (QED) is 0.671. The average molecular weight is 285 g/mol. The molecule has 1 aromatic heterocycles. The molecule has 7 heteroatoms. The Balaban J connectivity index is 3.44. The zero-order valence-corrected chi connectivity index (χ0v) is 8.94. The summed E-state index contributed by atoms with van der Waals surface area (Å²) in [5.74, 6) is -0.103. The zero-order chi connectivity index (χ0) is 10.9. The highest BCUT2D eigenvalue weighted by molar-refractivity contribution is 9.10. The molecule has 0 aliphatic rings. The summed E-state index contributed by atoms with van der Waals surface area (Å²) >= 11 is 7.96. The first-order valence-electron chi connectivity index (χ1n) is 3.37. The van der Waals surface area contributed by atoms with Crippen LogP contribution in [0.2, 0.25) is 0 Å². The number of rotatable bonds is 2. The molecule has 0 atom stereocenters. The number of carbonyl (C=O) groups excluding carboxylic acids is 1. The van der Waals surface area contributed by atoms with E-state index >= 15 is 0 Å². The van der Waals surface area contributed by atoms with Crippen LogP contribution in [0.4, 0.5) is 14.6 Å². The van der Waals surface area contributed by atoms with Gasteiger partial charge in [-0.15, -0.1) is 0 Å². The van der Waals surface area contributed by atoms with E-state index in [-0.39, 0.29) is 16.0 Å². The molecule has 0 fully saturated rings. The molecule has 2 N–H and O–H groups in total. The molecule has 0 radical (unpaired) electrons. The summed E-state index contributed by atoms with van der Waals surface area (Å²) in [5, 5.41) is -1.00. The van der Waals surface area contributed by atoms with Gasteiger partial charge >= 0.3 is 0 Å². The molecule has 1 heterocycles. The van der Waals surface area contributed by atoms with Gasteiger partial charge in [0.15, 0.2) is 0 Å². The number of aromatic nitrogens is 1. The maximum atomic E-state index is 12.4. The van der Waals surface area contributed by atoms with Crippen molar-refractivity contribution in [3.8, 4) is 0 Å². The lowest BCUT2D eigenvalue weighted by molar-refractivity contribution is 0.106. The Bertz CT molecular complexity index is 386. The number of nitrogens with two attached hydrogens (primary N) is 1. The molecule has 14 heavy (non-hydrogen) atoms. The molecule has 0 aromatic carbocycles. The van der Waals surface area contributed by atoms with Crippen LogP contribution in [0, 0.1) is 0 Å². The predicted molar refractivity (Wildman–Crippen MR) is 51.5 cm³/mol. The molecule has 76 valence electrons. The van der Waals surface area contributed by atoms with Gasteiger partial charge in [0, 0.05) is 5.56 Å². The Morgan fingerprint density at radius 3 is 2.64 bits per heavy atom. The smallest absolute Gasteiger partial charge is 0.264 e. The van der Waals surface area contributed by atoms with Crippen molar-refractivity contribution in [1.29, 1.82) is 0 Å². The number of pyridine rings is 1. The molecule has 1 aromatic rings. The van der Waals surface area contributed by atoms with Gasteiger partial charge in [0.1, 0.15) is 10.4 Å². The van der Waals surface area contributed by atoms with Gasteiger partial charge in [0.2, 0.25) is 0 Å². The first kappa shape index (κ1) is 11.3. The van der Waals surface area contributed by atoms with Crippen LogP contribution in [0.1, 0.15) is 22.3 Å². The second kappa shape index (κ2) is 4.18. The van der Waals surface area contributed by atoms with Gasteiger partial charge < -0.3 is 5.73 Å². The van der Waals surface area contributed by atoms with Gasteiger partial charge in [-0.05, 0) is 33.6 Å². The van der Waals surface area contributed by atoms with E-state index in [0.29, 0.717) is 0 Å². The largest absolute Gasteiger partial charge is 0.384 e. The molecular formula is C7H4BrClF2N2O. The van der Waals surface area contributed by atoms with Crippen LogP contribution >= 0.6 is 27.5 Å². The zero-order valence-electron chi connectivity index (χ0n) is 6.60. The molecule has 0 saturated heterocycles. The number of anilines is 1. The fourth-order valence-electron chi connectivity index (χ4n) is 0.919. The molecule has 1 rings (SSSR count). The Morgan fingerprint density at radius 1 is 1.64 bits per heavy atom. The summed E-state index contributed by atoms with van der Waals surface area (Å²) in [7, 11) is 0. The summed E-state index contributed by atoms with van der Waals surface area (Å²) in [6.45, 7) is 0. The van der Waals surface area contributed by atoms with Crippen molar-refractivity contribution in [1.82, 2.24) is 4.98 Å². The third kappa shape index (κ3) is 2.19. The minimum atomic E-state index is -2.82. The second-order valence-corrected chi connectivity index (χ2v) is 3.47. The van der Waals surface area contributed by atoms with E-state index in [1.165, 1.54) is 0 Å². The highest BCUT2D eigenvalue weighted by Gasteiger charge is 2.21. The van der Waals surface area contributed by atoms with Crippen LogP contribution in [0.15, 0.2) is 10.7 Å². The van der Waals surface area contributed by atoms with E-state index in [1.807, 2.05) is 0 Å². The maximum Gasteiger partial charge on any atom is 0.264 e. The van der Waals surface area contributed by atoms with Gasteiger partial charge in [-0.1, -0.05) is 0 Å². The fourth-order valence-corrected chi connectivity index (χ4v) is 1.85. The second-order valence-electron chi connectivity index (χ2n) is 2.38. The molecule has 0 saturated carbocycles. The van der Waals surface area contributed by atoms with Gasteiger partial charge in [0.05, 0.1) is 5.56 Å². The number of carbonyl (C=O) groups is 1. The minimum absolute atomic E-state index is 0.0761. The minimum Gasteiger partial charge on any atom is -0.384 e. The number of hydrogen-bond donors (Lipinski definition) is 1. The van der Waals surface area contributed by atoms with E-state index in [9.17, 15) is 13.6 Å². The molecule has 0 spiro atoms. The number of hydrogen-bond acceptors (Lipinski definition) is 3. The highest BCUT2D eigenvalue weighted by atomic mass is 79.9. The SMILES string of the molecule is Nc1cc(C(F)F)c(C(=O)Cl)c(Br)n1. The van der Waals surface area contributed by atoms with Crippen molar-refractivity contribution in [2.75, 3.05) is 5.73 Å². The van der Waals surface area contributed by atoms with Crippen molar-refractivity contribution >= 4 is 38.6 Å². The van der Waals surface area contributed by atoms with Crippen molar-refractivity contribution in [2.45, 2.75) is 6.43 Å². The van der Waals surface area contributed by atoms with Gasteiger partial charge in [-0.25, -0.2) is 13.8 Å². The van der Waals surface area contributed by atoms with Gasteiger partial charge in [-0.2, -0.15) is 0 Å².